The average Bonchev–Trinajstić information content (AvgIpc) is 2.66. The molecule has 0 aromatic heterocycles. The van der Waals surface area contributed by atoms with Gasteiger partial charge in [-0.05, 0) is 36.6 Å². The number of benzene rings is 2. The van der Waals surface area contributed by atoms with Crippen LogP contribution in [-0.2, 0) is 13.1 Å². The smallest absolute Gasteiger partial charge is 0.123 e. The standard InChI is InChI=1S/C18H21NO2/c1-13-9-15(10-14(2)18(13)20)11-19-7-8-21-17-6-4-3-5-16(17)12-19/h3-6,9-10,20H,7-8,11-12H2,1-2H3. The van der Waals surface area contributed by atoms with Gasteiger partial charge in [0, 0.05) is 25.2 Å². The van der Waals surface area contributed by atoms with Crippen LogP contribution in [0, 0.1) is 13.8 Å². The third kappa shape index (κ3) is 3.03. The number of aryl methyl sites for hydroxylation is 2. The summed E-state index contributed by atoms with van der Waals surface area (Å²) in [7, 11) is 0. The maximum Gasteiger partial charge on any atom is 0.123 e. The minimum Gasteiger partial charge on any atom is -0.507 e. The van der Waals surface area contributed by atoms with Gasteiger partial charge in [-0.2, -0.15) is 0 Å². The van der Waals surface area contributed by atoms with Gasteiger partial charge in [0.25, 0.3) is 0 Å². The zero-order valence-corrected chi connectivity index (χ0v) is 12.6. The molecule has 2 aromatic carbocycles. The summed E-state index contributed by atoms with van der Waals surface area (Å²) in [6, 6.07) is 12.4. The predicted octanol–water partition coefficient (Wildman–Crippen LogP) is 3.40. The van der Waals surface area contributed by atoms with Crippen LogP contribution in [0.1, 0.15) is 22.3 Å². The second kappa shape index (κ2) is 5.78. The molecule has 0 radical (unpaired) electrons. The molecule has 1 heterocycles. The zero-order valence-electron chi connectivity index (χ0n) is 12.6. The van der Waals surface area contributed by atoms with Crippen molar-refractivity contribution in [3.63, 3.8) is 0 Å². The first-order valence-electron chi connectivity index (χ1n) is 7.35. The lowest BCUT2D eigenvalue weighted by molar-refractivity contribution is 0.219. The average molecular weight is 283 g/mol. The molecule has 0 unspecified atom stereocenters. The molecule has 3 heteroatoms. The molecule has 0 fully saturated rings. The van der Waals surface area contributed by atoms with Crippen LogP contribution in [0.2, 0.25) is 0 Å². The largest absolute Gasteiger partial charge is 0.507 e. The summed E-state index contributed by atoms with van der Waals surface area (Å²) in [6.07, 6.45) is 0. The van der Waals surface area contributed by atoms with Gasteiger partial charge >= 0.3 is 0 Å². The van der Waals surface area contributed by atoms with Gasteiger partial charge in [0.15, 0.2) is 0 Å². The number of rotatable bonds is 2. The summed E-state index contributed by atoms with van der Waals surface area (Å²) in [5.41, 5.74) is 4.36. The quantitative estimate of drug-likeness (QED) is 0.917. The first-order valence-corrected chi connectivity index (χ1v) is 7.35. The van der Waals surface area contributed by atoms with Gasteiger partial charge in [-0.3, -0.25) is 4.90 Å². The number of para-hydroxylation sites is 1. The maximum atomic E-state index is 9.88. The fourth-order valence-corrected chi connectivity index (χ4v) is 2.91. The highest BCUT2D eigenvalue weighted by molar-refractivity contribution is 5.42. The van der Waals surface area contributed by atoms with E-state index in [1.807, 2.05) is 26.0 Å². The molecule has 0 spiro atoms. The van der Waals surface area contributed by atoms with Crippen molar-refractivity contribution in [2.45, 2.75) is 26.9 Å². The Morgan fingerprint density at radius 3 is 2.62 bits per heavy atom. The molecule has 21 heavy (non-hydrogen) atoms. The lowest BCUT2D eigenvalue weighted by Crippen LogP contribution is -2.25. The molecular weight excluding hydrogens is 262 g/mol. The third-order valence-electron chi connectivity index (χ3n) is 3.99. The first kappa shape index (κ1) is 14.0. The molecule has 3 nitrogen and oxygen atoms in total. The summed E-state index contributed by atoms with van der Waals surface area (Å²) in [5, 5.41) is 9.88. The van der Waals surface area contributed by atoms with Crippen LogP contribution in [0.4, 0.5) is 0 Å². The molecule has 0 amide bonds. The van der Waals surface area contributed by atoms with Crippen LogP contribution >= 0.6 is 0 Å². The van der Waals surface area contributed by atoms with Crippen molar-refractivity contribution >= 4 is 0 Å². The van der Waals surface area contributed by atoms with E-state index in [-0.39, 0.29) is 0 Å². The van der Waals surface area contributed by atoms with Gasteiger partial charge in [0.05, 0.1) is 0 Å². The van der Waals surface area contributed by atoms with Crippen molar-refractivity contribution in [1.82, 2.24) is 4.90 Å². The van der Waals surface area contributed by atoms with E-state index in [0.29, 0.717) is 12.4 Å². The molecule has 0 aliphatic carbocycles. The summed E-state index contributed by atoms with van der Waals surface area (Å²) in [6.45, 7) is 7.30. The molecule has 2 aromatic rings. The molecule has 0 bridgehead atoms. The zero-order chi connectivity index (χ0) is 14.8. The second-order valence-electron chi connectivity index (χ2n) is 5.75. The SMILES string of the molecule is Cc1cc(CN2CCOc3ccccc3C2)cc(C)c1O. The molecule has 0 atom stereocenters. The van der Waals surface area contributed by atoms with Crippen LogP contribution in [0.15, 0.2) is 36.4 Å². The summed E-state index contributed by atoms with van der Waals surface area (Å²) >= 11 is 0. The number of hydrogen-bond acceptors (Lipinski definition) is 3. The fourth-order valence-electron chi connectivity index (χ4n) is 2.91. The van der Waals surface area contributed by atoms with Crippen molar-refractivity contribution in [2.24, 2.45) is 0 Å². The highest BCUT2D eigenvalue weighted by atomic mass is 16.5. The van der Waals surface area contributed by atoms with Gasteiger partial charge < -0.3 is 9.84 Å². The lowest BCUT2D eigenvalue weighted by atomic mass is 10.1. The molecule has 110 valence electrons. The highest BCUT2D eigenvalue weighted by Gasteiger charge is 2.15. The van der Waals surface area contributed by atoms with E-state index in [1.54, 1.807) is 0 Å². The van der Waals surface area contributed by atoms with E-state index in [1.165, 1.54) is 11.1 Å². The minimum absolute atomic E-state index is 0.406. The Kier molecular flexibility index (Phi) is 3.84. The van der Waals surface area contributed by atoms with Gasteiger partial charge in [-0.15, -0.1) is 0 Å². The van der Waals surface area contributed by atoms with Crippen LogP contribution in [0.5, 0.6) is 11.5 Å². The van der Waals surface area contributed by atoms with Crippen LogP contribution in [0.25, 0.3) is 0 Å². The van der Waals surface area contributed by atoms with Gasteiger partial charge in [0.1, 0.15) is 18.1 Å². The maximum absolute atomic E-state index is 9.88. The van der Waals surface area contributed by atoms with E-state index in [9.17, 15) is 5.11 Å². The van der Waals surface area contributed by atoms with Gasteiger partial charge in [0.2, 0.25) is 0 Å². The van der Waals surface area contributed by atoms with Crippen molar-refractivity contribution in [1.29, 1.82) is 0 Å². The molecule has 1 N–H and O–H groups in total. The number of phenols is 1. The van der Waals surface area contributed by atoms with Crippen molar-refractivity contribution in [3.05, 3.63) is 58.7 Å². The van der Waals surface area contributed by atoms with Crippen LogP contribution in [0.3, 0.4) is 0 Å². The third-order valence-corrected chi connectivity index (χ3v) is 3.99. The van der Waals surface area contributed by atoms with Gasteiger partial charge in [-0.25, -0.2) is 0 Å². The Bertz CT molecular complexity index is 628. The van der Waals surface area contributed by atoms with Crippen molar-refractivity contribution in [2.75, 3.05) is 13.2 Å². The molecular formula is C18H21NO2. The molecule has 1 aliphatic heterocycles. The molecule has 1 aliphatic rings. The molecule has 0 saturated carbocycles. The van der Waals surface area contributed by atoms with Crippen molar-refractivity contribution in [3.8, 4) is 11.5 Å². The monoisotopic (exact) mass is 283 g/mol. The van der Waals surface area contributed by atoms with E-state index < -0.39 is 0 Å². The molecule has 0 saturated heterocycles. The highest BCUT2D eigenvalue weighted by Crippen LogP contribution is 2.26. The summed E-state index contributed by atoms with van der Waals surface area (Å²) in [5.74, 6) is 1.40. The van der Waals surface area contributed by atoms with Crippen LogP contribution in [-0.4, -0.2) is 23.2 Å². The van der Waals surface area contributed by atoms with Crippen molar-refractivity contribution < 1.29 is 9.84 Å². The van der Waals surface area contributed by atoms with Crippen LogP contribution < -0.4 is 4.74 Å². The predicted molar refractivity (Wildman–Crippen MR) is 83.6 cm³/mol. The van der Waals surface area contributed by atoms with E-state index in [4.69, 9.17) is 4.74 Å². The first-order chi connectivity index (χ1) is 10.1. The van der Waals surface area contributed by atoms with E-state index >= 15 is 0 Å². The number of fused-ring (bicyclic) bond motifs is 1. The number of nitrogens with zero attached hydrogens (tertiary/aromatic N) is 1. The lowest BCUT2D eigenvalue weighted by Gasteiger charge is -2.20. The topological polar surface area (TPSA) is 32.7 Å². The Labute approximate surface area is 125 Å². The number of phenolic OH excluding ortho intramolecular Hbond substituents is 1. The number of ether oxygens (including phenoxy) is 1. The second-order valence-corrected chi connectivity index (χ2v) is 5.75. The van der Waals surface area contributed by atoms with Gasteiger partial charge in [-0.1, -0.05) is 30.3 Å². The minimum atomic E-state index is 0.406. The Hall–Kier alpha value is -2.00. The fraction of sp³-hybridized carbons (Fsp3) is 0.333. The Morgan fingerprint density at radius 2 is 1.86 bits per heavy atom. The van der Waals surface area contributed by atoms with E-state index in [0.717, 1.165) is 36.5 Å². The van der Waals surface area contributed by atoms with E-state index in [2.05, 4.69) is 29.2 Å². The Morgan fingerprint density at radius 1 is 1.14 bits per heavy atom. The normalized spacial score (nSPS) is 15.1. The Balaban J connectivity index is 1.79. The summed E-state index contributed by atoms with van der Waals surface area (Å²) in [4.78, 5) is 2.39. The number of aromatic hydroxyl groups is 1. The summed E-state index contributed by atoms with van der Waals surface area (Å²) < 4.78 is 5.80. The number of hydrogen-bond donors (Lipinski definition) is 1. The molecule has 3 rings (SSSR count).